The lowest BCUT2D eigenvalue weighted by molar-refractivity contribution is -0.119. The van der Waals surface area contributed by atoms with Gasteiger partial charge in [0.05, 0.1) is 6.04 Å². The van der Waals surface area contributed by atoms with E-state index >= 15 is 0 Å². The molecule has 1 fully saturated rings. The number of carbonyl (C=O) groups excluding carboxylic acids is 1. The number of nitrogen functional groups attached to an aromatic ring is 1. The molecule has 0 aliphatic carbocycles. The second kappa shape index (κ2) is 3.29. The van der Waals surface area contributed by atoms with Gasteiger partial charge >= 0.3 is 0 Å². The molecule has 1 atom stereocenters. The summed E-state index contributed by atoms with van der Waals surface area (Å²) >= 11 is 0. The summed E-state index contributed by atoms with van der Waals surface area (Å²) in [4.78, 5) is 11.0. The Labute approximate surface area is 81.1 Å². The maximum atomic E-state index is 13.4. The Hall–Kier alpha value is -1.58. The van der Waals surface area contributed by atoms with Gasteiger partial charge in [-0.05, 0) is 18.6 Å². The van der Waals surface area contributed by atoms with Crippen LogP contribution in [0.4, 0.5) is 10.1 Å². The van der Waals surface area contributed by atoms with Gasteiger partial charge in [-0.1, -0.05) is 6.07 Å². The summed E-state index contributed by atoms with van der Waals surface area (Å²) in [6, 6.07) is 4.30. The fourth-order valence-corrected chi connectivity index (χ4v) is 1.75. The lowest BCUT2D eigenvalue weighted by Gasteiger charge is -2.13. The summed E-state index contributed by atoms with van der Waals surface area (Å²) in [5.41, 5.74) is 6.47. The number of halogens is 1. The molecule has 1 heterocycles. The van der Waals surface area contributed by atoms with Gasteiger partial charge in [0.2, 0.25) is 5.91 Å². The van der Waals surface area contributed by atoms with Gasteiger partial charge in [-0.25, -0.2) is 4.39 Å². The Kier molecular flexibility index (Phi) is 2.11. The zero-order valence-electron chi connectivity index (χ0n) is 7.59. The van der Waals surface area contributed by atoms with Gasteiger partial charge < -0.3 is 11.1 Å². The molecule has 4 heteroatoms. The van der Waals surface area contributed by atoms with E-state index < -0.39 is 0 Å². The van der Waals surface area contributed by atoms with Crippen LogP contribution in [0.25, 0.3) is 0 Å². The highest BCUT2D eigenvalue weighted by atomic mass is 19.1. The smallest absolute Gasteiger partial charge is 0.220 e. The molecule has 74 valence electrons. The van der Waals surface area contributed by atoms with Crippen molar-refractivity contribution in [3.8, 4) is 0 Å². The largest absolute Gasteiger partial charge is 0.398 e. The van der Waals surface area contributed by atoms with Crippen molar-refractivity contribution in [1.29, 1.82) is 0 Å². The Morgan fingerprint density at radius 1 is 1.50 bits per heavy atom. The number of nitrogens with one attached hydrogen (secondary N) is 1. The number of hydrogen-bond donors (Lipinski definition) is 2. The van der Waals surface area contributed by atoms with Crippen molar-refractivity contribution in [3.63, 3.8) is 0 Å². The maximum Gasteiger partial charge on any atom is 0.220 e. The van der Waals surface area contributed by atoms with E-state index in [1.165, 1.54) is 6.07 Å². The van der Waals surface area contributed by atoms with Gasteiger partial charge in [-0.3, -0.25) is 4.79 Å². The molecular weight excluding hydrogens is 183 g/mol. The summed E-state index contributed by atoms with van der Waals surface area (Å²) in [5.74, 6) is -0.394. The highest BCUT2D eigenvalue weighted by Gasteiger charge is 2.26. The fourth-order valence-electron chi connectivity index (χ4n) is 1.75. The van der Waals surface area contributed by atoms with Crippen LogP contribution in [0.5, 0.6) is 0 Å². The van der Waals surface area contributed by atoms with Crippen LogP contribution in [-0.4, -0.2) is 5.91 Å². The average Bonchev–Trinajstić information content (AvgIpc) is 2.51. The van der Waals surface area contributed by atoms with Gasteiger partial charge in [0.1, 0.15) is 5.82 Å². The molecule has 3 N–H and O–H groups in total. The fraction of sp³-hybridized carbons (Fsp3) is 0.300. The van der Waals surface area contributed by atoms with E-state index in [1.807, 2.05) is 0 Å². The number of rotatable bonds is 1. The molecule has 3 nitrogen and oxygen atoms in total. The molecule has 1 aliphatic heterocycles. The van der Waals surface area contributed by atoms with E-state index in [0.717, 1.165) is 0 Å². The molecule has 0 spiro atoms. The van der Waals surface area contributed by atoms with Crippen molar-refractivity contribution in [3.05, 3.63) is 29.6 Å². The molecule has 2 rings (SSSR count). The first-order valence-corrected chi connectivity index (χ1v) is 4.51. The van der Waals surface area contributed by atoms with Crippen molar-refractivity contribution in [2.45, 2.75) is 18.9 Å². The van der Waals surface area contributed by atoms with Crippen molar-refractivity contribution in [2.75, 3.05) is 5.73 Å². The van der Waals surface area contributed by atoms with Gasteiger partial charge in [0, 0.05) is 17.7 Å². The SMILES string of the molecule is Nc1cccc(F)c1[C@H]1CCC(=O)N1. The van der Waals surface area contributed by atoms with Gasteiger partial charge in [0.15, 0.2) is 0 Å². The number of nitrogens with two attached hydrogens (primary N) is 1. The Bertz CT molecular complexity index is 358. The molecule has 1 amide bonds. The molecule has 0 aromatic heterocycles. The van der Waals surface area contributed by atoms with Gasteiger partial charge in [-0.2, -0.15) is 0 Å². The van der Waals surface area contributed by atoms with E-state index in [4.69, 9.17) is 5.73 Å². The zero-order chi connectivity index (χ0) is 10.1. The topological polar surface area (TPSA) is 55.1 Å². The average molecular weight is 194 g/mol. The molecule has 1 saturated heterocycles. The van der Waals surface area contributed by atoms with E-state index in [9.17, 15) is 9.18 Å². The first-order valence-electron chi connectivity index (χ1n) is 4.51. The molecule has 14 heavy (non-hydrogen) atoms. The van der Waals surface area contributed by atoms with E-state index in [2.05, 4.69) is 5.32 Å². The number of anilines is 1. The maximum absolute atomic E-state index is 13.4. The van der Waals surface area contributed by atoms with Gasteiger partial charge in [0.25, 0.3) is 0 Å². The Balaban J connectivity index is 2.36. The lowest BCUT2D eigenvalue weighted by Crippen LogP contribution is -2.20. The first kappa shape index (κ1) is 8.99. The molecule has 1 aromatic carbocycles. The van der Waals surface area contributed by atoms with Gasteiger partial charge in [-0.15, -0.1) is 0 Å². The Morgan fingerprint density at radius 3 is 2.86 bits per heavy atom. The van der Waals surface area contributed by atoms with Crippen LogP contribution in [0.15, 0.2) is 18.2 Å². The van der Waals surface area contributed by atoms with E-state index in [-0.39, 0.29) is 17.8 Å². The van der Waals surface area contributed by atoms with Crippen LogP contribution in [0.1, 0.15) is 24.4 Å². The molecule has 1 aromatic rings. The van der Waals surface area contributed by atoms with Crippen molar-refractivity contribution >= 4 is 11.6 Å². The van der Waals surface area contributed by atoms with E-state index in [0.29, 0.717) is 24.1 Å². The van der Waals surface area contributed by atoms with Crippen LogP contribution < -0.4 is 11.1 Å². The van der Waals surface area contributed by atoms with Crippen molar-refractivity contribution in [2.24, 2.45) is 0 Å². The molecule has 0 saturated carbocycles. The van der Waals surface area contributed by atoms with E-state index in [1.54, 1.807) is 12.1 Å². The summed E-state index contributed by atoms with van der Waals surface area (Å²) in [6.45, 7) is 0. The second-order valence-electron chi connectivity index (χ2n) is 3.40. The minimum atomic E-state index is -0.350. The number of benzene rings is 1. The second-order valence-corrected chi connectivity index (χ2v) is 3.40. The lowest BCUT2D eigenvalue weighted by atomic mass is 10.0. The molecule has 0 unspecified atom stereocenters. The normalized spacial score (nSPS) is 20.9. The van der Waals surface area contributed by atoms with Crippen LogP contribution in [0.2, 0.25) is 0 Å². The third-order valence-electron chi connectivity index (χ3n) is 2.43. The number of carbonyl (C=O) groups is 1. The predicted octanol–water partition coefficient (Wildman–Crippen LogP) is 1.36. The molecule has 0 radical (unpaired) electrons. The molecule has 1 aliphatic rings. The molecular formula is C10H11FN2O. The summed E-state index contributed by atoms with van der Waals surface area (Å²) in [7, 11) is 0. The van der Waals surface area contributed by atoms with Crippen molar-refractivity contribution < 1.29 is 9.18 Å². The van der Waals surface area contributed by atoms with Crippen molar-refractivity contribution in [1.82, 2.24) is 5.32 Å². The highest BCUT2D eigenvalue weighted by Crippen LogP contribution is 2.29. The summed E-state index contributed by atoms with van der Waals surface area (Å²) < 4.78 is 13.4. The van der Waals surface area contributed by atoms with Crippen LogP contribution in [0, 0.1) is 5.82 Å². The third-order valence-corrected chi connectivity index (χ3v) is 2.43. The minimum absolute atomic E-state index is 0.0438. The third kappa shape index (κ3) is 1.43. The number of amides is 1. The predicted molar refractivity (Wildman–Crippen MR) is 50.9 cm³/mol. The minimum Gasteiger partial charge on any atom is -0.398 e. The highest BCUT2D eigenvalue weighted by molar-refractivity contribution is 5.79. The quantitative estimate of drug-likeness (QED) is 0.663. The zero-order valence-corrected chi connectivity index (χ0v) is 7.59. The summed E-state index contributed by atoms with van der Waals surface area (Å²) in [5, 5.41) is 2.69. The molecule has 0 bridgehead atoms. The summed E-state index contributed by atoms with van der Waals surface area (Å²) in [6.07, 6.45) is 1.06. The number of hydrogen-bond acceptors (Lipinski definition) is 2. The standard InChI is InChI=1S/C10H11FN2O/c11-6-2-1-3-7(12)10(6)8-4-5-9(14)13-8/h1-3,8H,4-5,12H2,(H,13,14)/t8-/m1/s1. The van der Waals surface area contributed by atoms with Crippen LogP contribution >= 0.6 is 0 Å². The Morgan fingerprint density at radius 2 is 2.29 bits per heavy atom. The van der Waals surface area contributed by atoms with Crippen LogP contribution in [0.3, 0.4) is 0 Å². The van der Waals surface area contributed by atoms with Crippen LogP contribution in [-0.2, 0) is 4.79 Å². The monoisotopic (exact) mass is 194 g/mol. The first-order chi connectivity index (χ1) is 6.68.